The van der Waals surface area contributed by atoms with Crippen molar-refractivity contribution in [2.45, 2.75) is 25.8 Å². The van der Waals surface area contributed by atoms with Gasteiger partial charge in [-0.05, 0) is 54.7 Å². The van der Waals surface area contributed by atoms with Gasteiger partial charge in [-0.25, -0.2) is 9.67 Å². The van der Waals surface area contributed by atoms with Gasteiger partial charge in [-0.3, -0.25) is 4.79 Å². The number of nitrogens with one attached hydrogen (secondary N) is 1. The lowest BCUT2D eigenvalue weighted by Gasteiger charge is -2.06. The van der Waals surface area contributed by atoms with Crippen LogP contribution >= 0.6 is 11.3 Å². The van der Waals surface area contributed by atoms with Gasteiger partial charge in [0.1, 0.15) is 0 Å². The van der Waals surface area contributed by atoms with Crippen molar-refractivity contribution >= 4 is 17.2 Å². The summed E-state index contributed by atoms with van der Waals surface area (Å²) in [6, 6.07) is 7.74. The van der Waals surface area contributed by atoms with E-state index in [0.29, 0.717) is 6.54 Å². The Kier molecular flexibility index (Phi) is 3.67. The van der Waals surface area contributed by atoms with Gasteiger partial charge in [-0.15, -0.1) is 11.3 Å². The lowest BCUT2D eigenvalue weighted by molar-refractivity contribution is 0.0955. The lowest BCUT2D eigenvalue weighted by Crippen LogP contribution is -2.22. The summed E-state index contributed by atoms with van der Waals surface area (Å²) < 4.78 is 1.70. The number of amides is 1. The minimum Gasteiger partial charge on any atom is -0.347 e. The number of thiophene rings is 1. The minimum atomic E-state index is 0.00171. The van der Waals surface area contributed by atoms with Crippen LogP contribution in [0.2, 0.25) is 0 Å². The van der Waals surface area contributed by atoms with Crippen LogP contribution in [0.5, 0.6) is 0 Å². The van der Waals surface area contributed by atoms with Crippen molar-refractivity contribution in [3.8, 4) is 5.82 Å². The van der Waals surface area contributed by atoms with Crippen LogP contribution in [-0.2, 0) is 19.4 Å². The molecule has 0 aliphatic heterocycles. The molecule has 0 atom stereocenters. The van der Waals surface area contributed by atoms with Crippen LogP contribution in [0.1, 0.15) is 32.1 Å². The highest BCUT2D eigenvalue weighted by Crippen LogP contribution is 2.30. The van der Waals surface area contributed by atoms with Crippen molar-refractivity contribution < 1.29 is 4.79 Å². The summed E-state index contributed by atoms with van der Waals surface area (Å²) >= 11 is 1.63. The van der Waals surface area contributed by atoms with E-state index in [9.17, 15) is 4.79 Å². The monoisotopic (exact) mass is 324 g/mol. The summed E-state index contributed by atoms with van der Waals surface area (Å²) in [5.74, 6) is 0.749. The molecule has 0 fully saturated rings. The van der Waals surface area contributed by atoms with Crippen LogP contribution < -0.4 is 5.32 Å². The second-order valence-electron chi connectivity index (χ2n) is 5.57. The average molecular weight is 324 g/mol. The molecule has 116 valence electrons. The Labute approximate surface area is 138 Å². The quantitative estimate of drug-likeness (QED) is 0.803. The van der Waals surface area contributed by atoms with E-state index < -0.39 is 0 Å². The molecule has 1 aliphatic carbocycles. The number of hydrogen-bond acceptors (Lipinski definition) is 4. The summed E-state index contributed by atoms with van der Waals surface area (Å²) in [5.41, 5.74) is 2.35. The Bertz CT molecular complexity index is 817. The third-order valence-electron chi connectivity index (χ3n) is 3.97. The summed E-state index contributed by atoms with van der Waals surface area (Å²) in [6.45, 7) is 0.484. The van der Waals surface area contributed by atoms with Crippen LogP contribution in [0.3, 0.4) is 0 Å². The Balaban J connectivity index is 1.44. The van der Waals surface area contributed by atoms with Crippen LogP contribution in [0, 0.1) is 0 Å². The van der Waals surface area contributed by atoms with E-state index in [2.05, 4.69) is 15.4 Å². The van der Waals surface area contributed by atoms with Crippen molar-refractivity contribution in [1.82, 2.24) is 20.1 Å². The van der Waals surface area contributed by atoms with E-state index in [-0.39, 0.29) is 5.91 Å². The van der Waals surface area contributed by atoms with Crippen molar-refractivity contribution in [2.75, 3.05) is 0 Å². The first-order chi connectivity index (χ1) is 11.3. The molecule has 3 heterocycles. The van der Waals surface area contributed by atoms with Gasteiger partial charge >= 0.3 is 0 Å². The van der Waals surface area contributed by atoms with Gasteiger partial charge in [0.05, 0.1) is 4.88 Å². The van der Waals surface area contributed by atoms with Crippen molar-refractivity contribution in [3.05, 3.63) is 63.7 Å². The zero-order valence-corrected chi connectivity index (χ0v) is 13.3. The van der Waals surface area contributed by atoms with E-state index in [4.69, 9.17) is 0 Å². The SMILES string of the molecule is O=C(NCc1ccnc(-n2cccn2)c1)c1cc2c(s1)CCC2. The van der Waals surface area contributed by atoms with E-state index in [0.717, 1.165) is 29.1 Å². The van der Waals surface area contributed by atoms with Gasteiger partial charge in [-0.2, -0.15) is 5.10 Å². The van der Waals surface area contributed by atoms with Gasteiger partial charge in [0.15, 0.2) is 5.82 Å². The van der Waals surface area contributed by atoms with Crippen LogP contribution in [0.25, 0.3) is 5.82 Å². The number of carbonyl (C=O) groups is 1. The summed E-state index contributed by atoms with van der Waals surface area (Å²) in [4.78, 5) is 18.8. The number of nitrogens with zero attached hydrogens (tertiary/aromatic N) is 3. The maximum atomic E-state index is 12.3. The molecular formula is C17H16N4OS. The van der Waals surface area contributed by atoms with Crippen LogP contribution in [0.4, 0.5) is 0 Å². The number of aryl methyl sites for hydroxylation is 2. The third-order valence-corrected chi connectivity index (χ3v) is 5.21. The largest absolute Gasteiger partial charge is 0.347 e. The molecule has 1 aliphatic rings. The molecule has 6 heteroatoms. The van der Waals surface area contributed by atoms with Gasteiger partial charge in [-0.1, -0.05) is 0 Å². The summed E-state index contributed by atoms with van der Waals surface area (Å²) in [6.07, 6.45) is 8.74. The Morgan fingerprint density at radius 3 is 3.09 bits per heavy atom. The van der Waals surface area contributed by atoms with Gasteiger partial charge in [0.2, 0.25) is 0 Å². The molecule has 4 rings (SSSR count). The lowest BCUT2D eigenvalue weighted by atomic mass is 10.2. The van der Waals surface area contributed by atoms with Crippen molar-refractivity contribution in [1.29, 1.82) is 0 Å². The highest BCUT2D eigenvalue weighted by molar-refractivity contribution is 7.14. The number of fused-ring (bicyclic) bond motifs is 1. The number of hydrogen-bond donors (Lipinski definition) is 1. The summed E-state index contributed by atoms with van der Waals surface area (Å²) in [7, 11) is 0. The molecule has 0 saturated heterocycles. The smallest absolute Gasteiger partial charge is 0.261 e. The molecule has 0 unspecified atom stereocenters. The van der Waals surface area contributed by atoms with E-state index in [1.165, 1.54) is 16.9 Å². The standard InChI is InChI=1S/C17H16N4OS/c22-17(15-10-13-3-1-4-14(13)23-15)19-11-12-5-7-18-16(9-12)21-8-2-6-20-21/h2,5-10H,1,3-4,11H2,(H,19,22). The molecule has 3 aromatic rings. The molecule has 0 spiro atoms. The van der Waals surface area contributed by atoms with Gasteiger partial charge < -0.3 is 5.32 Å². The molecule has 3 aromatic heterocycles. The molecule has 1 N–H and O–H groups in total. The molecule has 0 radical (unpaired) electrons. The second-order valence-corrected chi connectivity index (χ2v) is 6.70. The first-order valence-electron chi connectivity index (χ1n) is 7.64. The molecule has 1 amide bonds. The Hall–Kier alpha value is -2.47. The van der Waals surface area contributed by atoms with Crippen molar-refractivity contribution in [2.24, 2.45) is 0 Å². The predicted molar refractivity (Wildman–Crippen MR) is 88.9 cm³/mol. The zero-order valence-electron chi connectivity index (χ0n) is 12.5. The van der Waals surface area contributed by atoms with Crippen molar-refractivity contribution in [3.63, 3.8) is 0 Å². The number of pyridine rings is 1. The second kappa shape index (κ2) is 5.96. The number of aromatic nitrogens is 3. The van der Waals surface area contributed by atoms with Gasteiger partial charge in [0, 0.05) is 30.0 Å². The fourth-order valence-electron chi connectivity index (χ4n) is 2.81. The van der Waals surface area contributed by atoms with E-state index >= 15 is 0 Å². The van der Waals surface area contributed by atoms with E-state index in [1.54, 1.807) is 28.4 Å². The highest BCUT2D eigenvalue weighted by Gasteiger charge is 2.18. The maximum Gasteiger partial charge on any atom is 0.261 e. The topological polar surface area (TPSA) is 59.8 Å². The van der Waals surface area contributed by atoms with E-state index in [1.807, 2.05) is 30.5 Å². The maximum absolute atomic E-state index is 12.3. The zero-order chi connectivity index (χ0) is 15.6. The highest BCUT2D eigenvalue weighted by atomic mass is 32.1. The van der Waals surface area contributed by atoms with Crippen LogP contribution in [-0.4, -0.2) is 20.7 Å². The number of rotatable bonds is 4. The minimum absolute atomic E-state index is 0.00171. The third kappa shape index (κ3) is 2.90. The number of carbonyl (C=O) groups excluding carboxylic acids is 1. The first-order valence-corrected chi connectivity index (χ1v) is 8.46. The average Bonchev–Trinajstić information content (AvgIpc) is 3.28. The summed E-state index contributed by atoms with van der Waals surface area (Å²) in [5, 5.41) is 7.16. The van der Waals surface area contributed by atoms with Crippen LogP contribution in [0.15, 0.2) is 42.9 Å². The van der Waals surface area contributed by atoms with Gasteiger partial charge in [0.25, 0.3) is 5.91 Å². The Morgan fingerprint density at radius 1 is 1.30 bits per heavy atom. The molecule has 5 nitrogen and oxygen atoms in total. The molecule has 0 bridgehead atoms. The normalized spacial score (nSPS) is 13.0. The fourth-order valence-corrected chi connectivity index (χ4v) is 3.98. The predicted octanol–water partition coefficient (Wildman–Crippen LogP) is 2.75. The molecule has 0 aromatic carbocycles. The fraction of sp³-hybridized carbons (Fsp3) is 0.235. The Morgan fingerprint density at radius 2 is 2.26 bits per heavy atom. The molecule has 0 saturated carbocycles. The molecular weight excluding hydrogens is 308 g/mol. The first kappa shape index (κ1) is 14.1. The molecule has 23 heavy (non-hydrogen) atoms.